The Bertz CT molecular complexity index is 927. The molecule has 0 aliphatic carbocycles. The fraction of sp³-hybridized carbons (Fsp3) is 0.300. The highest BCUT2D eigenvalue weighted by atomic mass is 16.6. The summed E-state index contributed by atoms with van der Waals surface area (Å²) in [6.45, 7) is 4.91. The Morgan fingerprint density at radius 2 is 1.86 bits per heavy atom. The lowest BCUT2D eigenvalue weighted by Gasteiger charge is -2.15. The molecular weight excluding hydrogens is 380 g/mol. The van der Waals surface area contributed by atoms with Gasteiger partial charge >= 0.3 is 5.97 Å². The number of nitrogens with one attached hydrogen (secondary N) is 1. The third kappa shape index (κ3) is 5.93. The van der Waals surface area contributed by atoms with Gasteiger partial charge in [0.05, 0.1) is 17.7 Å². The van der Waals surface area contributed by atoms with E-state index >= 15 is 0 Å². The maximum absolute atomic E-state index is 12.3. The molecule has 0 aromatic heterocycles. The van der Waals surface area contributed by atoms with Crippen molar-refractivity contribution in [3.8, 4) is 11.5 Å². The number of hydrogen-bond donors (Lipinski definition) is 1. The standard InChI is InChI=1S/C20H22N2O7/c1-12-5-7-16(9-13(12)2)28-11-19(23)29-14(3)20(24)21-17-10-15(22(25)26)6-8-18(17)27-4/h5-10,14H,11H2,1-4H3,(H,21,24)/t14-/m1/s1. The van der Waals surface area contributed by atoms with Gasteiger partial charge in [-0.05, 0) is 50.1 Å². The van der Waals surface area contributed by atoms with Gasteiger partial charge in [0.25, 0.3) is 11.6 Å². The molecule has 0 aliphatic rings. The van der Waals surface area contributed by atoms with Crippen LogP contribution in [0.1, 0.15) is 18.1 Å². The van der Waals surface area contributed by atoms with Crippen molar-refractivity contribution in [1.82, 2.24) is 0 Å². The number of aryl methyl sites for hydroxylation is 2. The van der Waals surface area contributed by atoms with Crippen LogP contribution < -0.4 is 14.8 Å². The summed E-state index contributed by atoms with van der Waals surface area (Å²) in [5.74, 6) is -0.635. The highest BCUT2D eigenvalue weighted by Crippen LogP contribution is 2.29. The number of anilines is 1. The number of amides is 1. The van der Waals surface area contributed by atoms with Crippen LogP contribution >= 0.6 is 0 Å². The van der Waals surface area contributed by atoms with E-state index in [1.807, 2.05) is 19.9 Å². The van der Waals surface area contributed by atoms with Crippen molar-refractivity contribution in [2.75, 3.05) is 19.0 Å². The summed E-state index contributed by atoms with van der Waals surface area (Å²) < 4.78 is 15.5. The Kier molecular flexibility index (Phi) is 7.13. The number of hydrogen-bond acceptors (Lipinski definition) is 7. The molecule has 0 bridgehead atoms. The summed E-state index contributed by atoms with van der Waals surface area (Å²) >= 11 is 0. The Morgan fingerprint density at radius 3 is 2.48 bits per heavy atom. The van der Waals surface area contributed by atoms with Gasteiger partial charge in [-0.25, -0.2) is 4.79 Å². The number of benzene rings is 2. The van der Waals surface area contributed by atoms with Crippen LogP contribution in [0.2, 0.25) is 0 Å². The van der Waals surface area contributed by atoms with Gasteiger partial charge in [-0.15, -0.1) is 0 Å². The second-order valence-corrected chi connectivity index (χ2v) is 6.30. The third-order valence-corrected chi connectivity index (χ3v) is 4.16. The van der Waals surface area contributed by atoms with Crippen molar-refractivity contribution < 1.29 is 28.7 Å². The van der Waals surface area contributed by atoms with Gasteiger partial charge in [0.1, 0.15) is 11.5 Å². The molecule has 2 rings (SSSR count). The zero-order valence-electron chi connectivity index (χ0n) is 16.6. The van der Waals surface area contributed by atoms with E-state index in [1.54, 1.807) is 12.1 Å². The summed E-state index contributed by atoms with van der Waals surface area (Å²) in [6, 6.07) is 9.18. The molecule has 1 amide bonds. The van der Waals surface area contributed by atoms with E-state index in [4.69, 9.17) is 14.2 Å². The highest BCUT2D eigenvalue weighted by Gasteiger charge is 2.21. The van der Waals surface area contributed by atoms with Crippen molar-refractivity contribution in [1.29, 1.82) is 0 Å². The van der Waals surface area contributed by atoms with E-state index in [2.05, 4.69) is 5.32 Å². The average Bonchev–Trinajstić information content (AvgIpc) is 2.68. The fourth-order valence-corrected chi connectivity index (χ4v) is 2.37. The van der Waals surface area contributed by atoms with Crippen LogP contribution in [0.3, 0.4) is 0 Å². The molecule has 0 spiro atoms. The van der Waals surface area contributed by atoms with Crippen molar-refractivity contribution in [3.63, 3.8) is 0 Å². The summed E-state index contributed by atoms with van der Waals surface area (Å²) in [4.78, 5) is 34.6. The predicted molar refractivity (Wildman–Crippen MR) is 105 cm³/mol. The number of methoxy groups -OCH3 is 1. The van der Waals surface area contributed by atoms with E-state index in [-0.39, 0.29) is 23.7 Å². The van der Waals surface area contributed by atoms with Gasteiger partial charge in [-0.2, -0.15) is 0 Å². The van der Waals surface area contributed by atoms with Gasteiger partial charge in [0.15, 0.2) is 12.7 Å². The zero-order chi connectivity index (χ0) is 21.6. The summed E-state index contributed by atoms with van der Waals surface area (Å²) in [6.07, 6.45) is -1.14. The van der Waals surface area contributed by atoms with Crippen molar-refractivity contribution >= 4 is 23.3 Å². The number of nitro benzene ring substituents is 1. The zero-order valence-corrected chi connectivity index (χ0v) is 16.6. The lowest BCUT2D eigenvalue weighted by Crippen LogP contribution is -2.31. The van der Waals surface area contributed by atoms with Crippen LogP contribution in [0.4, 0.5) is 11.4 Å². The first-order valence-corrected chi connectivity index (χ1v) is 8.74. The second-order valence-electron chi connectivity index (χ2n) is 6.30. The van der Waals surface area contributed by atoms with E-state index in [0.29, 0.717) is 5.75 Å². The molecule has 9 nitrogen and oxygen atoms in total. The summed E-state index contributed by atoms with van der Waals surface area (Å²) in [7, 11) is 1.37. The molecule has 2 aromatic rings. The molecule has 1 atom stereocenters. The molecule has 0 unspecified atom stereocenters. The fourth-order valence-electron chi connectivity index (χ4n) is 2.37. The van der Waals surface area contributed by atoms with E-state index < -0.39 is 22.9 Å². The molecule has 0 fully saturated rings. The van der Waals surface area contributed by atoms with Crippen LogP contribution in [-0.2, 0) is 14.3 Å². The Morgan fingerprint density at radius 1 is 1.14 bits per heavy atom. The van der Waals surface area contributed by atoms with Crippen molar-refractivity contribution in [3.05, 3.63) is 57.6 Å². The molecular formula is C20H22N2O7. The van der Waals surface area contributed by atoms with Crippen LogP contribution in [0.15, 0.2) is 36.4 Å². The molecule has 1 N–H and O–H groups in total. The van der Waals surface area contributed by atoms with E-state index in [0.717, 1.165) is 17.2 Å². The molecule has 0 heterocycles. The van der Waals surface area contributed by atoms with Gasteiger partial charge in [-0.1, -0.05) is 6.07 Å². The average molecular weight is 402 g/mol. The number of nitro groups is 1. The number of carbonyl (C=O) groups excluding carboxylic acids is 2. The SMILES string of the molecule is COc1ccc([N+](=O)[O-])cc1NC(=O)[C@@H](C)OC(=O)COc1ccc(C)c(C)c1. The molecule has 0 saturated heterocycles. The van der Waals surface area contributed by atoms with Crippen LogP contribution in [0, 0.1) is 24.0 Å². The first kappa shape index (κ1) is 21.7. The minimum Gasteiger partial charge on any atom is -0.495 e. The molecule has 0 aliphatic heterocycles. The van der Waals surface area contributed by atoms with Gasteiger partial charge < -0.3 is 19.5 Å². The molecule has 0 saturated carbocycles. The van der Waals surface area contributed by atoms with E-state index in [9.17, 15) is 19.7 Å². The quantitative estimate of drug-likeness (QED) is 0.409. The second kappa shape index (κ2) is 9.54. The smallest absolute Gasteiger partial charge is 0.344 e. The number of nitrogens with zero attached hydrogens (tertiary/aromatic N) is 1. The number of esters is 1. The number of ether oxygens (including phenoxy) is 3. The molecule has 2 aromatic carbocycles. The number of rotatable bonds is 8. The Hall–Kier alpha value is -3.62. The maximum Gasteiger partial charge on any atom is 0.344 e. The minimum atomic E-state index is -1.14. The van der Waals surface area contributed by atoms with Gasteiger partial charge in [0.2, 0.25) is 0 Å². The number of carbonyl (C=O) groups is 2. The van der Waals surface area contributed by atoms with Gasteiger partial charge in [0, 0.05) is 12.1 Å². The van der Waals surface area contributed by atoms with Crippen LogP contribution in [0.25, 0.3) is 0 Å². The first-order chi connectivity index (χ1) is 13.7. The topological polar surface area (TPSA) is 117 Å². The maximum atomic E-state index is 12.3. The minimum absolute atomic E-state index is 0.0981. The lowest BCUT2D eigenvalue weighted by molar-refractivity contribution is -0.384. The molecule has 154 valence electrons. The monoisotopic (exact) mass is 402 g/mol. The van der Waals surface area contributed by atoms with E-state index in [1.165, 1.54) is 26.2 Å². The lowest BCUT2D eigenvalue weighted by atomic mass is 10.1. The van der Waals surface area contributed by atoms with Crippen LogP contribution in [-0.4, -0.2) is 36.6 Å². The third-order valence-electron chi connectivity index (χ3n) is 4.16. The highest BCUT2D eigenvalue weighted by molar-refractivity contribution is 5.96. The number of non-ortho nitro benzene ring substituents is 1. The van der Waals surface area contributed by atoms with Crippen molar-refractivity contribution in [2.45, 2.75) is 26.9 Å². The summed E-state index contributed by atoms with van der Waals surface area (Å²) in [5, 5.41) is 13.4. The first-order valence-electron chi connectivity index (χ1n) is 8.74. The van der Waals surface area contributed by atoms with Crippen LogP contribution in [0.5, 0.6) is 11.5 Å². The molecule has 0 radical (unpaired) electrons. The van der Waals surface area contributed by atoms with Gasteiger partial charge in [-0.3, -0.25) is 14.9 Å². The Labute approximate surface area is 167 Å². The largest absolute Gasteiger partial charge is 0.495 e. The van der Waals surface area contributed by atoms with Crippen molar-refractivity contribution in [2.24, 2.45) is 0 Å². The Balaban J connectivity index is 1.94. The normalized spacial score (nSPS) is 11.3. The molecule has 29 heavy (non-hydrogen) atoms. The molecule has 9 heteroatoms. The predicted octanol–water partition coefficient (Wildman–Crippen LogP) is 3.17. The summed E-state index contributed by atoms with van der Waals surface area (Å²) in [5.41, 5.74) is 2.00.